The number of rotatable bonds is 5. The first-order valence-corrected chi connectivity index (χ1v) is 12.7. The van der Waals surface area contributed by atoms with Crippen LogP contribution in [0.4, 0.5) is 5.69 Å². The maximum Gasteiger partial charge on any atom is 0.251 e. The lowest BCUT2D eigenvalue weighted by molar-refractivity contribution is -0.117. The first-order valence-electron chi connectivity index (χ1n) is 12.7. The molecule has 1 aromatic heterocycles. The fourth-order valence-corrected chi connectivity index (χ4v) is 5.64. The van der Waals surface area contributed by atoms with Gasteiger partial charge < -0.3 is 10.2 Å². The number of aromatic nitrogens is 1. The van der Waals surface area contributed by atoms with Gasteiger partial charge in [0, 0.05) is 81.4 Å². The van der Waals surface area contributed by atoms with Crippen molar-refractivity contribution in [1.29, 1.82) is 0 Å². The van der Waals surface area contributed by atoms with Gasteiger partial charge in [0.05, 0.1) is 12.1 Å². The Labute approximate surface area is 202 Å². The smallest absolute Gasteiger partial charge is 0.251 e. The fraction of sp³-hybridized carbons (Fsp3) is 0.519. The standard InChI is InChI=1S/C27H35N5O2/c1-30-25-17-21(7-8-23(25)24-19-28-10-9-20(24)18-26(30)33)27(34)29-11-12-31-13-15-32(16-14-31)22-5-3-2-4-6-22/h7-10,17,19,22H,2-6,11-16,18H2,1H3,(H,29,34). The lowest BCUT2D eigenvalue weighted by Gasteiger charge is -2.40. The number of nitrogens with zero attached hydrogens (tertiary/aromatic N) is 4. The van der Waals surface area contributed by atoms with Gasteiger partial charge in [0.25, 0.3) is 5.91 Å². The van der Waals surface area contributed by atoms with Gasteiger partial charge in [-0.3, -0.25) is 24.4 Å². The second-order valence-corrected chi connectivity index (χ2v) is 9.82. The number of benzene rings is 1. The number of carbonyl (C=O) groups excluding carboxylic acids is 2. The van der Waals surface area contributed by atoms with E-state index in [0.29, 0.717) is 18.5 Å². The number of hydrogen-bond acceptors (Lipinski definition) is 5. The van der Waals surface area contributed by atoms with E-state index in [1.165, 1.54) is 32.1 Å². The van der Waals surface area contributed by atoms with Crippen LogP contribution < -0.4 is 10.2 Å². The van der Waals surface area contributed by atoms with E-state index in [2.05, 4.69) is 20.1 Å². The summed E-state index contributed by atoms with van der Waals surface area (Å²) < 4.78 is 0. The van der Waals surface area contributed by atoms with Crippen molar-refractivity contribution >= 4 is 17.5 Å². The van der Waals surface area contributed by atoms with Gasteiger partial charge in [-0.15, -0.1) is 0 Å². The number of pyridine rings is 1. The molecule has 5 rings (SSSR count). The number of anilines is 1. The van der Waals surface area contributed by atoms with Crippen molar-refractivity contribution in [3.05, 3.63) is 47.8 Å². The predicted molar refractivity (Wildman–Crippen MR) is 134 cm³/mol. The number of amides is 2. The average molecular weight is 462 g/mol. The summed E-state index contributed by atoms with van der Waals surface area (Å²) in [6.07, 6.45) is 10.7. The van der Waals surface area contributed by atoms with E-state index >= 15 is 0 Å². The van der Waals surface area contributed by atoms with Gasteiger partial charge >= 0.3 is 0 Å². The van der Waals surface area contributed by atoms with Gasteiger partial charge in [-0.05, 0) is 36.6 Å². The molecule has 1 saturated carbocycles. The van der Waals surface area contributed by atoms with Gasteiger partial charge in [0.1, 0.15) is 0 Å². The number of piperazine rings is 1. The molecule has 1 N–H and O–H groups in total. The van der Waals surface area contributed by atoms with Crippen LogP contribution in [0.25, 0.3) is 11.1 Å². The zero-order valence-corrected chi connectivity index (χ0v) is 20.1. The van der Waals surface area contributed by atoms with Crippen LogP contribution in [-0.2, 0) is 11.2 Å². The Balaban J connectivity index is 1.17. The molecule has 0 bridgehead atoms. The lowest BCUT2D eigenvalue weighted by atomic mass is 9.94. The highest BCUT2D eigenvalue weighted by atomic mass is 16.2. The zero-order chi connectivity index (χ0) is 23.5. The van der Waals surface area contributed by atoms with Crippen LogP contribution in [0.15, 0.2) is 36.7 Å². The van der Waals surface area contributed by atoms with Crippen LogP contribution in [0.3, 0.4) is 0 Å². The van der Waals surface area contributed by atoms with Gasteiger partial charge in [-0.25, -0.2) is 0 Å². The second-order valence-electron chi connectivity index (χ2n) is 9.82. The summed E-state index contributed by atoms with van der Waals surface area (Å²) in [5.74, 6) is -0.0868. The largest absolute Gasteiger partial charge is 0.351 e. The molecule has 34 heavy (non-hydrogen) atoms. The van der Waals surface area contributed by atoms with Crippen molar-refractivity contribution in [2.75, 3.05) is 51.2 Å². The summed E-state index contributed by atoms with van der Waals surface area (Å²) in [4.78, 5) is 36.6. The third-order valence-electron chi connectivity index (χ3n) is 7.75. The van der Waals surface area contributed by atoms with Crippen LogP contribution >= 0.6 is 0 Å². The highest BCUT2D eigenvalue weighted by molar-refractivity contribution is 6.04. The van der Waals surface area contributed by atoms with Crippen LogP contribution in [0, 0.1) is 0 Å². The highest BCUT2D eigenvalue weighted by Gasteiger charge is 2.26. The van der Waals surface area contributed by atoms with Crippen LogP contribution in [-0.4, -0.2) is 79.0 Å². The molecule has 2 fully saturated rings. The first-order chi connectivity index (χ1) is 16.6. The number of nitrogens with one attached hydrogen (secondary N) is 1. The molecular weight excluding hydrogens is 426 g/mol. The molecule has 2 amide bonds. The van der Waals surface area contributed by atoms with E-state index in [0.717, 1.165) is 61.1 Å². The molecule has 2 aliphatic heterocycles. The van der Waals surface area contributed by atoms with Crippen molar-refractivity contribution in [3.8, 4) is 11.1 Å². The molecule has 0 spiro atoms. The molecule has 1 aromatic carbocycles. The van der Waals surface area contributed by atoms with Gasteiger partial charge in [-0.1, -0.05) is 25.3 Å². The molecule has 7 nitrogen and oxygen atoms in total. The molecular formula is C27H35N5O2. The van der Waals surface area contributed by atoms with E-state index in [4.69, 9.17) is 0 Å². The second kappa shape index (κ2) is 10.2. The lowest BCUT2D eigenvalue weighted by Crippen LogP contribution is -2.52. The Kier molecular flexibility index (Phi) is 6.92. The Morgan fingerprint density at radius 2 is 1.85 bits per heavy atom. The summed E-state index contributed by atoms with van der Waals surface area (Å²) >= 11 is 0. The van der Waals surface area contributed by atoms with Gasteiger partial charge in [0.2, 0.25) is 5.91 Å². The predicted octanol–water partition coefficient (Wildman–Crippen LogP) is 2.95. The van der Waals surface area contributed by atoms with Crippen LogP contribution in [0.5, 0.6) is 0 Å². The van der Waals surface area contributed by atoms with E-state index in [9.17, 15) is 9.59 Å². The van der Waals surface area contributed by atoms with Gasteiger partial charge in [-0.2, -0.15) is 0 Å². The minimum absolute atomic E-state index is 0.0103. The Bertz CT molecular complexity index is 1040. The van der Waals surface area contributed by atoms with Gasteiger partial charge in [0.15, 0.2) is 0 Å². The van der Waals surface area contributed by atoms with Crippen LogP contribution in [0.1, 0.15) is 48.0 Å². The van der Waals surface area contributed by atoms with Crippen molar-refractivity contribution < 1.29 is 9.59 Å². The quantitative estimate of drug-likeness (QED) is 0.742. The normalized spacial score (nSPS) is 19.9. The molecule has 0 radical (unpaired) electrons. The molecule has 7 heteroatoms. The average Bonchev–Trinajstić information content (AvgIpc) is 2.99. The minimum atomic E-state index is -0.0971. The summed E-state index contributed by atoms with van der Waals surface area (Å²) in [5.41, 5.74) is 4.18. The summed E-state index contributed by atoms with van der Waals surface area (Å²) in [6, 6.07) is 8.29. The maximum absolute atomic E-state index is 12.9. The Morgan fingerprint density at radius 3 is 2.65 bits per heavy atom. The van der Waals surface area contributed by atoms with Crippen molar-refractivity contribution in [1.82, 2.24) is 20.1 Å². The SMILES string of the molecule is CN1C(=O)Cc2ccncc2-c2ccc(C(=O)NCCN3CCN(C4CCCCC4)CC3)cc21. The van der Waals surface area contributed by atoms with Crippen LogP contribution in [0.2, 0.25) is 0 Å². The Morgan fingerprint density at radius 1 is 1.06 bits per heavy atom. The summed E-state index contributed by atoms with van der Waals surface area (Å²) in [7, 11) is 1.77. The number of likely N-dealkylation sites (N-methyl/N-ethyl adjacent to an activating group) is 1. The molecule has 180 valence electrons. The molecule has 0 unspecified atom stereocenters. The number of fused-ring (bicyclic) bond motifs is 3. The molecule has 3 aliphatic rings. The van der Waals surface area contributed by atoms with Crippen molar-refractivity contribution in [2.24, 2.45) is 0 Å². The molecule has 1 aliphatic carbocycles. The summed E-state index contributed by atoms with van der Waals surface area (Å²) in [6.45, 7) is 5.92. The van der Waals surface area contributed by atoms with E-state index in [-0.39, 0.29) is 11.8 Å². The molecule has 3 heterocycles. The maximum atomic E-state index is 12.9. The Hall–Kier alpha value is -2.77. The molecule has 0 atom stereocenters. The zero-order valence-electron chi connectivity index (χ0n) is 20.1. The van der Waals surface area contributed by atoms with E-state index in [1.807, 2.05) is 24.3 Å². The van der Waals surface area contributed by atoms with Crippen molar-refractivity contribution in [2.45, 2.75) is 44.6 Å². The first kappa shape index (κ1) is 23.0. The number of hydrogen-bond donors (Lipinski definition) is 1. The molecule has 2 aromatic rings. The fourth-order valence-electron chi connectivity index (χ4n) is 5.64. The van der Waals surface area contributed by atoms with Crippen molar-refractivity contribution in [3.63, 3.8) is 0 Å². The highest BCUT2D eigenvalue weighted by Crippen LogP contribution is 2.36. The number of carbonyl (C=O) groups is 2. The molecule has 1 saturated heterocycles. The minimum Gasteiger partial charge on any atom is -0.351 e. The van der Waals surface area contributed by atoms with E-state index < -0.39 is 0 Å². The monoisotopic (exact) mass is 461 g/mol. The third-order valence-corrected chi connectivity index (χ3v) is 7.75. The summed E-state index contributed by atoms with van der Waals surface area (Å²) in [5, 5.41) is 3.08. The third kappa shape index (κ3) is 4.86. The topological polar surface area (TPSA) is 68.8 Å². The van der Waals surface area contributed by atoms with E-state index in [1.54, 1.807) is 24.3 Å².